The molecular weight excluding hydrogens is 504 g/mol. The minimum absolute atomic E-state index is 0.0354. The summed E-state index contributed by atoms with van der Waals surface area (Å²) in [6.45, 7) is 5.07. The highest BCUT2D eigenvalue weighted by Gasteiger charge is 2.51. The van der Waals surface area contributed by atoms with Gasteiger partial charge in [0.25, 0.3) is 17.7 Å². The van der Waals surface area contributed by atoms with E-state index in [0.29, 0.717) is 29.2 Å². The average molecular weight is 540 g/mol. The molecule has 208 valence electrons. The van der Waals surface area contributed by atoms with Crippen molar-refractivity contribution in [2.24, 2.45) is 10.9 Å². The van der Waals surface area contributed by atoms with Crippen LogP contribution in [0.5, 0.6) is 0 Å². The number of halogens is 2. The molecule has 0 saturated heterocycles. The number of nitrogens with one attached hydrogen (secondary N) is 1. The summed E-state index contributed by atoms with van der Waals surface area (Å²) in [4.78, 5) is 44.0. The normalized spacial score (nSPS) is 22.1. The van der Waals surface area contributed by atoms with E-state index in [1.165, 1.54) is 12.1 Å². The first-order valence-electron chi connectivity index (χ1n) is 13.5. The van der Waals surface area contributed by atoms with E-state index in [4.69, 9.17) is 10.1 Å². The third-order valence-corrected chi connectivity index (χ3v) is 7.81. The number of aliphatic carboxylic acids is 1. The number of carbonyl (C=O) groups is 3. The van der Waals surface area contributed by atoms with Crippen LogP contribution >= 0.6 is 0 Å². The van der Waals surface area contributed by atoms with Crippen molar-refractivity contribution in [1.29, 1.82) is 0 Å². The second-order valence-electron chi connectivity index (χ2n) is 10.7. The van der Waals surface area contributed by atoms with Crippen molar-refractivity contribution < 1.29 is 28.3 Å². The number of amides is 2. The summed E-state index contributed by atoms with van der Waals surface area (Å²) in [6.07, 6.45) is 3.74. The molecule has 1 spiro atoms. The van der Waals surface area contributed by atoms with Crippen molar-refractivity contribution in [2.75, 3.05) is 6.54 Å². The van der Waals surface area contributed by atoms with Crippen LogP contribution in [0.1, 0.15) is 92.4 Å². The Morgan fingerprint density at radius 3 is 2.28 bits per heavy atom. The molecule has 2 aromatic carbocycles. The maximum Gasteiger partial charge on any atom is 0.305 e. The van der Waals surface area contributed by atoms with Crippen molar-refractivity contribution >= 4 is 23.5 Å². The van der Waals surface area contributed by atoms with Gasteiger partial charge in [-0.2, -0.15) is 0 Å². The van der Waals surface area contributed by atoms with Gasteiger partial charge in [-0.25, -0.2) is 8.78 Å². The van der Waals surface area contributed by atoms with E-state index in [1.807, 2.05) is 24.0 Å². The fourth-order valence-corrected chi connectivity index (χ4v) is 5.54. The average Bonchev–Trinajstić information content (AvgIpc) is 3.18. The maximum atomic E-state index is 14.0. The van der Waals surface area contributed by atoms with Gasteiger partial charge in [0.2, 0.25) is 0 Å². The molecule has 1 fully saturated rings. The summed E-state index contributed by atoms with van der Waals surface area (Å²) in [5.41, 5.74) is 1.26. The Labute approximate surface area is 227 Å². The summed E-state index contributed by atoms with van der Waals surface area (Å²) in [5, 5.41) is 11.4. The lowest BCUT2D eigenvalue weighted by atomic mass is 9.81. The van der Waals surface area contributed by atoms with Gasteiger partial charge in [0.15, 0.2) is 0 Å². The Morgan fingerprint density at radius 1 is 1.13 bits per heavy atom. The van der Waals surface area contributed by atoms with Gasteiger partial charge in [-0.3, -0.25) is 19.4 Å². The summed E-state index contributed by atoms with van der Waals surface area (Å²) in [6, 6.07) is 12.5. The molecule has 1 aliphatic carbocycles. The molecule has 4 rings (SSSR count). The van der Waals surface area contributed by atoms with E-state index in [9.17, 15) is 23.2 Å². The van der Waals surface area contributed by atoms with Gasteiger partial charge in [0.1, 0.15) is 11.4 Å². The number of hydrogen-bond acceptors (Lipinski definition) is 4. The summed E-state index contributed by atoms with van der Waals surface area (Å²) in [7, 11) is 0. The van der Waals surface area contributed by atoms with Gasteiger partial charge in [0.05, 0.1) is 12.5 Å². The molecule has 39 heavy (non-hydrogen) atoms. The van der Waals surface area contributed by atoms with Crippen molar-refractivity contribution in [3.05, 3.63) is 70.8 Å². The third kappa shape index (κ3) is 6.02. The zero-order valence-electron chi connectivity index (χ0n) is 22.5. The van der Waals surface area contributed by atoms with Gasteiger partial charge in [-0.05, 0) is 55.7 Å². The number of carboxylic acid groups (broad SMARTS) is 1. The Kier molecular flexibility index (Phi) is 8.18. The molecule has 2 aromatic rings. The highest BCUT2D eigenvalue weighted by Crippen LogP contribution is 2.46. The third-order valence-electron chi connectivity index (χ3n) is 7.81. The van der Waals surface area contributed by atoms with Crippen LogP contribution in [-0.4, -0.2) is 45.7 Å². The highest BCUT2D eigenvalue weighted by atomic mass is 19.3. The van der Waals surface area contributed by atoms with Crippen LogP contribution in [0.15, 0.2) is 53.5 Å². The molecule has 2 N–H and O–H groups in total. The molecule has 1 aliphatic heterocycles. The lowest BCUT2D eigenvalue weighted by Crippen LogP contribution is -2.50. The van der Waals surface area contributed by atoms with E-state index < -0.39 is 17.6 Å². The first-order valence-corrected chi connectivity index (χ1v) is 13.5. The number of aliphatic imine (C=N–C) groups is 1. The molecule has 0 radical (unpaired) electrons. The highest BCUT2D eigenvalue weighted by molar-refractivity contribution is 6.46. The van der Waals surface area contributed by atoms with Gasteiger partial charge >= 0.3 is 5.97 Å². The molecule has 0 bridgehead atoms. The monoisotopic (exact) mass is 539 g/mol. The number of alkyl halides is 2. The second-order valence-corrected chi connectivity index (χ2v) is 10.7. The van der Waals surface area contributed by atoms with Crippen LogP contribution in [-0.2, 0) is 15.5 Å². The van der Waals surface area contributed by atoms with Gasteiger partial charge < -0.3 is 15.3 Å². The number of benzene rings is 2. The lowest BCUT2D eigenvalue weighted by Gasteiger charge is -2.44. The first-order chi connectivity index (χ1) is 18.4. The molecule has 2 amide bonds. The lowest BCUT2D eigenvalue weighted by molar-refractivity contribution is -0.137. The maximum absolute atomic E-state index is 14.0. The zero-order valence-corrected chi connectivity index (χ0v) is 22.5. The Hall–Kier alpha value is -3.62. The van der Waals surface area contributed by atoms with E-state index >= 15 is 0 Å². The Morgan fingerprint density at radius 2 is 1.74 bits per heavy atom. The molecule has 2 aliphatic rings. The molecule has 1 atom stereocenters. The summed E-state index contributed by atoms with van der Waals surface area (Å²) >= 11 is 0. The van der Waals surface area contributed by atoms with Crippen molar-refractivity contribution in [1.82, 2.24) is 10.2 Å². The topological polar surface area (TPSA) is 99.1 Å². The van der Waals surface area contributed by atoms with Gasteiger partial charge in [0, 0.05) is 30.2 Å². The number of rotatable bonds is 9. The predicted molar refractivity (Wildman–Crippen MR) is 144 cm³/mol. The zero-order chi connectivity index (χ0) is 28.4. The summed E-state index contributed by atoms with van der Waals surface area (Å²) in [5.74, 6) is -4.02. The van der Waals surface area contributed by atoms with Crippen LogP contribution in [0, 0.1) is 5.92 Å². The number of nitrogens with zero attached hydrogens (tertiary/aromatic N) is 2. The first kappa shape index (κ1) is 28.4. The molecule has 1 saturated carbocycles. The van der Waals surface area contributed by atoms with E-state index in [0.717, 1.165) is 38.2 Å². The standard InChI is InChI=1S/C30H35F2N3O4/c1-4-24(20-5-7-22(8-6-20)27(38)33-18-15-25(36)37)35-28(39)26(34-30(35)16-13-19(2)14-17-30)21-9-11-23(12-10-21)29(3,31)32/h5-12,19,24H,4,13-18H2,1-3H3,(H,33,38)(H,36,37). The van der Waals surface area contributed by atoms with Crippen LogP contribution in [0.3, 0.4) is 0 Å². The van der Waals surface area contributed by atoms with Crippen LogP contribution < -0.4 is 5.32 Å². The fourth-order valence-electron chi connectivity index (χ4n) is 5.54. The van der Waals surface area contributed by atoms with E-state index in [2.05, 4.69) is 12.2 Å². The van der Waals surface area contributed by atoms with E-state index in [1.54, 1.807) is 24.3 Å². The Bertz CT molecular complexity index is 1240. The number of carboxylic acids is 1. The number of hydrogen-bond donors (Lipinski definition) is 2. The van der Waals surface area contributed by atoms with Crippen molar-refractivity contribution in [3.63, 3.8) is 0 Å². The number of carbonyl (C=O) groups excluding carboxylic acids is 2. The second kappa shape index (κ2) is 11.2. The van der Waals surface area contributed by atoms with Crippen LogP contribution in [0.4, 0.5) is 8.78 Å². The molecule has 0 aromatic heterocycles. The largest absolute Gasteiger partial charge is 0.481 e. The van der Waals surface area contributed by atoms with Crippen molar-refractivity contribution in [2.45, 2.75) is 76.9 Å². The SMILES string of the molecule is CCC(c1ccc(C(=O)NCCC(=O)O)cc1)N1C(=O)C(c2ccc(C(C)(F)F)cc2)=NC12CCC(C)CC2. The van der Waals surface area contributed by atoms with Gasteiger partial charge in [-0.1, -0.05) is 50.2 Å². The van der Waals surface area contributed by atoms with E-state index in [-0.39, 0.29) is 36.4 Å². The molecule has 7 nitrogen and oxygen atoms in total. The van der Waals surface area contributed by atoms with Gasteiger partial charge in [-0.15, -0.1) is 0 Å². The quantitative estimate of drug-likeness (QED) is 0.428. The molecule has 9 heteroatoms. The minimum Gasteiger partial charge on any atom is -0.481 e. The molecular formula is C30H35F2N3O4. The van der Waals surface area contributed by atoms with Crippen molar-refractivity contribution in [3.8, 4) is 0 Å². The Balaban J connectivity index is 1.63. The smallest absolute Gasteiger partial charge is 0.305 e. The fraction of sp³-hybridized carbons (Fsp3) is 0.467. The molecule has 1 unspecified atom stereocenters. The van der Waals surface area contributed by atoms with Crippen LogP contribution in [0.25, 0.3) is 0 Å². The molecule has 1 heterocycles. The predicted octanol–water partition coefficient (Wildman–Crippen LogP) is 5.69. The minimum atomic E-state index is -2.97. The summed E-state index contributed by atoms with van der Waals surface area (Å²) < 4.78 is 27.6. The van der Waals surface area contributed by atoms with Crippen LogP contribution in [0.2, 0.25) is 0 Å².